The third kappa shape index (κ3) is 2.74. The molecule has 0 bridgehead atoms. The summed E-state index contributed by atoms with van der Waals surface area (Å²) in [5, 5.41) is 0. The van der Waals surface area contributed by atoms with Crippen molar-refractivity contribution in [2.75, 3.05) is 0 Å². The van der Waals surface area contributed by atoms with E-state index in [0.717, 1.165) is 12.2 Å². The second-order valence-corrected chi connectivity index (χ2v) is 3.59. The highest BCUT2D eigenvalue weighted by atomic mass is 16.5. The molecule has 2 rings (SSSR count). The lowest BCUT2D eigenvalue weighted by molar-refractivity contribution is 0.483. The minimum atomic E-state index is 0.826. The van der Waals surface area contributed by atoms with Gasteiger partial charge in [0.2, 0.25) is 0 Å². The van der Waals surface area contributed by atoms with Gasteiger partial charge in [0.05, 0.1) is 6.26 Å². The number of hydrogen-bond acceptors (Lipinski definition) is 1. The molecular weight excluding hydrogens is 196 g/mol. The lowest BCUT2D eigenvalue weighted by Gasteiger charge is -2.03. The molecule has 2 aromatic carbocycles. The summed E-state index contributed by atoms with van der Waals surface area (Å²) in [7, 11) is 0. The summed E-state index contributed by atoms with van der Waals surface area (Å²) in [6, 6.07) is 18.5. The molecule has 0 fully saturated rings. The van der Waals surface area contributed by atoms with E-state index in [0.29, 0.717) is 0 Å². The van der Waals surface area contributed by atoms with Crippen molar-refractivity contribution in [2.45, 2.75) is 6.42 Å². The molecule has 0 saturated carbocycles. The summed E-state index contributed by atoms with van der Waals surface area (Å²) in [5.74, 6) is 0.826. The SMILES string of the molecule is C=COc1ccc(Cc2ccccc2)cc1. The van der Waals surface area contributed by atoms with Crippen LogP contribution in [-0.2, 0) is 6.42 Å². The van der Waals surface area contributed by atoms with Gasteiger partial charge in [-0.3, -0.25) is 0 Å². The summed E-state index contributed by atoms with van der Waals surface area (Å²) in [6.07, 6.45) is 2.39. The quantitative estimate of drug-likeness (QED) is 0.697. The van der Waals surface area contributed by atoms with Gasteiger partial charge in [0, 0.05) is 0 Å². The average Bonchev–Trinajstić information content (AvgIpc) is 2.33. The van der Waals surface area contributed by atoms with Crippen molar-refractivity contribution in [3.63, 3.8) is 0 Å². The third-order valence-corrected chi connectivity index (χ3v) is 2.39. The van der Waals surface area contributed by atoms with Gasteiger partial charge >= 0.3 is 0 Å². The van der Waals surface area contributed by atoms with E-state index in [1.807, 2.05) is 18.2 Å². The van der Waals surface area contributed by atoms with Crippen molar-refractivity contribution in [1.29, 1.82) is 0 Å². The van der Waals surface area contributed by atoms with Crippen LogP contribution in [0.2, 0.25) is 0 Å². The molecule has 0 aliphatic rings. The molecule has 0 amide bonds. The molecule has 1 nitrogen and oxygen atoms in total. The molecule has 0 atom stereocenters. The first-order valence-electron chi connectivity index (χ1n) is 5.29. The molecule has 0 spiro atoms. The van der Waals surface area contributed by atoms with Gasteiger partial charge in [-0.1, -0.05) is 49.0 Å². The van der Waals surface area contributed by atoms with Crippen molar-refractivity contribution in [1.82, 2.24) is 0 Å². The normalized spacial score (nSPS) is 9.75. The molecule has 0 saturated heterocycles. The van der Waals surface area contributed by atoms with Crippen molar-refractivity contribution < 1.29 is 4.74 Å². The highest BCUT2D eigenvalue weighted by Gasteiger charge is 1.96. The maximum absolute atomic E-state index is 5.17. The van der Waals surface area contributed by atoms with Gasteiger partial charge in [0.15, 0.2) is 0 Å². The molecule has 0 aliphatic heterocycles. The zero-order valence-electron chi connectivity index (χ0n) is 9.10. The van der Waals surface area contributed by atoms with Gasteiger partial charge in [-0.25, -0.2) is 0 Å². The second kappa shape index (κ2) is 5.17. The summed E-state index contributed by atoms with van der Waals surface area (Å²) in [5.41, 5.74) is 2.60. The Morgan fingerprint density at radius 1 is 0.875 bits per heavy atom. The molecule has 0 heterocycles. The second-order valence-electron chi connectivity index (χ2n) is 3.59. The van der Waals surface area contributed by atoms with Gasteiger partial charge in [0.25, 0.3) is 0 Å². The molecule has 0 unspecified atom stereocenters. The Morgan fingerprint density at radius 2 is 1.50 bits per heavy atom. The first-order chi connectivity index (χ1) is 7.88. The molecule has 0 radical (unpaired) electrons. The lowest BCUT2D eigenvalue weighted by Crippen LogP contribution is -1.88. The number of ether oxygens (including phenoxy) is 1. The molecule has 0 N–H and O–H groups in total. The standard InChI is InChI=1S/C15H14O/c1-2-16-15-10-8-14(9-11-15)12-13-6-4-3-5-7-13/h2-11H,1,12H2. The third-order valence-electron chi connectivity index (χ3n) is 2.39. The highest BCUT2D eigenvalue weighted by molar-refractivity contribution is 5.31. The van der Waals surface area contributed by atoms with Crippen molar-refractivity contribution in [2.24, 2.45) is 0 Å². The van der Waals surface area contributed by atoms with E-state index in [2.05, 4.69) is 43.0 Å². The summed E-state index contributed by atoms with van der Waals surface area (Å²) in [6.45, 7) is 3.52. The predicted molar refractivity (Wildman–Crippen MR) is 66.5 cm³/mol. The fourth-order valence-electron chi connectivity index (χ4n) is 1.61. The fraction of sp³-hybridized carbons (Fsp3) is 0.0667. The minimum Gasteiger partial charge on any atom is -0.466 e. The largest absolute Gasteiger partial charge is 0.466 e. The maximum Gasteiger partial charge on any atom is 0.126 e. The molecule has 2 aromatic rings. The Labute approximate surface area is 96.0 Å². The summed E-state index contributed by atoms with van der Waals surface area (Å²) in [4.78, 5) is 0. The smallest absolute Gasteiger partial charge is 0.126 e. The average molecular weight is 210 g/mol. The van der Waals surface area contributed by atoms with Gasteiger partial charge in [-0.15, -0.1) is 0 Å². The van der Waals surface area contributed by atoms with Crippen molar-refractivity contribution >= 4 is 0 Å². The van der Waals surface area contributed by atoms with Crippen LogP contribution in [0.1, 0.15) is 11.1 Å². The molecule has 80 valence electrons. The van der Waals surface area contributed by atoms with Crippen LogP contribution < -0.4 is 4.74 Å². The summed E-state index contributed by atoms with van der Waals surface area (Å²) < 4.78 is 5.17. The minimum absolute atomic E-state index is 0.826. The van der Waals surface area contributed by atoms with Crippen LogP contribution >= 0.6 is 0 Å². The van der Waals surface area contributed by atoms with Crippen LogP contribution in [0.4, 0.5) is 0 Å². The van der Waals surface area contributed by atoms with Crippen LogP contribution in [0.25, 0.3) is 0 Å². The van der Waals surface area contributed by atoms with Crippen LogP contribution in [0, 0.1) is 0 Å². The highest BCUT2D eigenvalue weighted by Crippen LogP contribution is 2.15. The van der Waals surface area contributed by atoms with E-state index in [9.17, 15) is 0 Å². The Balaban J connectivity index is 2.08. The van der Waals surface area contributed by atoms with Crippen molar-refractivity contribution in [3.05, 3.63) is 78.6 Å². The van der Waals surface area contributed by atoms with E-state index in [1.54, 1.807) is 0 Å². The van der Waals surface area contributed by atoms with Crippen LogP contribution in [0.5, 0.6) is 5.75 Å². The molecular formula is C15H14O. The predicted octanol–water partition coefficient (Wildman–Crippen LogP) is 3.80. The molecule has 0 aromatic heterocycles. The van der Waals surface area contributed by atoms with Crippen LogP contribution in [0.3, 0.4) is 0 Å². The topological polar surface area (TPSA) is 9.23 Å². The Bertz CT molecular complexity index is 443. The van der Waals surface area contributed by atoms with E-state index in [1.165, 1.54) is 17.4 Å². The zero-order valence-corrected chi connectivity index (χ0v) is 9.10. The number of hydrogen-bond donors (Lipinski definition) is 0. The first-order valence-corrected chi connectivity index (χ1v) is 5.29. The van der Waals surface area contributed by atoms with E-state index >= 15 is 0 Å². The van der Waals surface area contributed by atoms with E-state index in [4.69, 9.17) is 4.74 Å². The maximum atomic E-state index is 5.17. The van der Waals surface area contributed by atoms with E-state index < -0.39 is 0 Å². The molecule has 0 aliphatic carbocycles. The van der Waals surface area contributed by atoms with Gasteiger partial charge in [-0.2, -0.15) is 0 Å². The molecule has 1 heteroatoms. The molecule has 16 heavy (non-hydrogen) atoms. The first kappa shape index (κ1) is 10.5. The number of benzene rings is 2. The van der Waals surface area contributed by atoms with Gasteiger partial charge in [-0.05, 0) is 29.7 Å². The Kier molecular flexibility index (Phi) is 3.39. The Morgan fingerprint density at radius 3 is 2.12 bits per heavy atom. The van der Waals surface area contributed by atoms with Crippen LogP contribution in [0.15, 0.2) is 67.4 Å². The zero-order chi connectivity index (χ0) is 11.2. The van der Waals surface area contributed by atoms with E-state index in [-0.39, 0.29) is 0 Å². The van der Waals surface area contributed by atoms with Gasteiger partial charge < -0.3 is 4.74 Å². The lowest BCUT2D eigenvalue weighted by atomic mass is 10.1. The fourth-order valence-corrected chi connectivity index (χ4v) is 1.61. The summed E-state index contributed by atoms with van der Waals surface area (Å²) >= 11 is 0. The van der Waals surface area contributed by atoms with Crippen LogP contribution in [-0.4, -0.2) is 0 Å². The monoisotopic (exact) mass is 210 g/mol. The van der Waals surface area contributed by atoms with Gasteiger partial charge in [0.1, 0.15) is 5.75 Å². The van der Waals surface area contributed by atoms with Crippen molar-refractivity contribution in [3.8, 4) is 5.75 Å². The Hall–Kier alpha value is -2.02. The number of rotatable bonds is 4.